The first-order chi connectivity index (χ1) is 8.08. The lowest BCUT2D eigenvalue weighted by atomic mass is 10.1. The van der Waals surface area contributed by atoms with Crippen molar-refractivity contribution in [2.45, 2.75) is 61.9 Å². The minimum absolute atomic E-state index is 0.265. The third kappa shape index (κ3) is 1.90. The van der Waals surface area contributed by atoms with E-state index in [9.17, 15) is 13.5 Å². The molecule has 0 aromatic rings. The molecule has 0 aromatic heterocycles. The molecule has 5 nitrogen and oxygen atoms in total. The molecule has 2 rings (SSSR count). The molecular formula is C12H22O5S. The van der Waals surface area contributed by atoms with Gasteiger partial charge in [-0.25, -0.2) is 8.42 Å². The molecule has 2 fully saturated rings. The first kappa shape index (κ1) is 14.2. The molecule has 1 N–H and O–H groups in total. The van der Waals surface area contributed by atoms with Gasteiger partial charge in [-0.2, -0.15) is 0 Å². The summed E-state index contributed by atoms with van der Waals surface area (Å²) in [5.41, 5.74) is 0. The summed E-state index contributed by atoms with van der Waals surface area (Å²) in [7, 11) is -3.47. The Hall–Kier alpha value is -0.170. The number of hydrogen-bond acceptors (Lipinski definition) is 5. The van der Waals surface area contributed by atoms with Crippen molar-refractivity contribution in [1.29, 1.82) is 0 Å². The van der Waals surface area contributed by atoms with E-state index in [-0.39, 0.29) is 13.2 Å². The van der Waals surface area contributed by atoms with E-state index in [4.69, 9.17) is 9.47 Å². The predicted octanol–water partition coefficient (Wildman–Crippen LogP) is 0.856. The molecule has 1 heterocycles. The molecule has 0 aromatic carbocycles. The highest BCUT2D eigenvalue weighted by Crippen LogP contribution is 2.50. The van der Waals surface area contributed by atoms with Crippen LogP contribution in [0.25, 0.3) is 0 Å². The van der Waals surface area contributed by atoms with Gasteiger partial charge >= 0.3 is 0 Å². The summed E-state index contributed by atoms with van der Waals surface area (Å²) in [6, 6.07) is 0. The second-order valence-corrected chi connectivity index (χ2v) is 9.19. The van der Waals surface area contributed by atoms with Crippen molar-refractivity contribution in [3.63, 3.8) is 0 Å². The fraction of sp³-hybridized carbons (Fsp3) is 1.00. The first-order valence-corrected chi connectivity index (χ1v) is 7.73. The molecule has 6 heteroatoms. The zero-order valence-electron chi connectivity index (χ0n) is 11.4. The Labute approximate surface area is 108 Å². The molecule has 1 aliphatic heterocycles. The molecule has 1 atom stereocenters. The van der Waals surface area contributed by atoms with Crippen molar-refractivity contribution in [3.8, 4) is 0 Å². The van der Waals surface area contributed by atoms with Crippen molar-refractivity contribution in [1.82, 2.24) is 0 Å². The second-order valence-electron chi connectivity index (χ2n) is 6.27. The molecule has 18 heavy (non-hydrogen) atoms. The summed E-state index contributed by atoms with van der Waals surface area (Å²) in [4.78, 5) is 0. The van der Waals surface area contributed by atoms with Crippen LogP contribution >= 0.6 is 0 Å². The number of hydrogen-bond donors (Lipinski definition) is 1. The largest absolute Gasteiger partial charge is 0.395 e. The average Bonchev–Trinajstić information content (AvgIpc) is 2.98. The van der Waals surface area contributed by atoms with Gasteiger partial charge in [-0.15, -0.1) is 0 Å². The molecular weight excluding hydrogens is 256 g/mol. The monoisotopic (exact) mass is 278 g/mol. The average molecular weight is 278 g/mol. The number of rotatable bonds is 4. The fourth-order valence-electron chi connectivity index (χ4n) is 2.41. The zero-order chi connectivity index (χ0) is 13.8. The Morgan fingerprint density at radius 1 is 1.33 bits per heavy atom. The van der Waals surface area contributed by atoms with Crippen molar-refractivity contribution >= 4 is 9.84 Å². The third-order valence-electron chi connectivity index (χ3n) is 4.14. The number of aliphatic hydroxyl groups excluding tert-OH is 1. The minimum Gasteiger partial charge on any atom is -0.395 e. The molecule has 106 valence electrons. The van der Waals surface area contributed by atoms with Gasteiger partial charge in [-0.05, 0) is 40.5 Å². The van der Waals surface area contributed by atoms with Crippen LogP contribution in [-0.4, -0.2) is 48.1 Å². The van der Waals surface area contributed by atoms with Crippen LogP contribution < -0.4 is 0 Å². The van der Waals surface area contributed by atoms with E-state index in [2.05, 4.69) is 0 Å². The number of sulfone groups is 1. The van der Waals surface area contributed by atoms with Gasteiger partial charge in [-0.1, -0.05) is 0 Å². The highest BCUT2D eigenvalue weighted by Gasteiger charge is 2.62. The van der Waals surface area contributed by atoms with E-state index in [0.717, 1.165) is 0 Å². The molecule has 0 bridgehead atoms. The van der Waals surface area contributed by atoms with Crippen LogP contribution in [0.15, 0.2) is 0 Å². The molecule has 1 aliphatic carbocycles. The van der Waals surface area contributed by atoms with E-state index < -0.39 is 31.2 Å². The van der Waals surface area contributed by atoms with Crippen LogP contribution in [-0.2, 0) is 19.3 Å². The number of aliphatic hydroxyl groups is 1. The Morgan fingerprint density at radius 2 is 1.89 bits per heavy atom. The summed E-state index contributed by atoms with van der Waals surface area (Å²) in [5, 5.41) is 9.35. The lowest BCUT2D eigenvalue weighted by molar-refractivity contribution is -0.141. The predicted molar refractivity (Wildman–Crippen MR) is 67.0 cm³/mol. The Morgan fingerprint density at radius 3 is 2.22 bits per heavy atom. The minimum atomic E-state index is -3.47. The summed E-state index contributed by atoms with van der Waals surface area (Å²) < 4.78 is 34.5. The van der Waals surface area contributed by atoms with Gasteiger partial charge in [0.05, 0.1) is 22.7 Å². The summed E-state index contributed by atoms with van der Waals surface area (Å²) in [6.45, 7) is 6.82. The van der Waals surface area contributed by atoms with E-state index in [0.29, 0.717) is 12.8 Å². The van der Waals surface area contributed by atoms with Crippen LogP contribution in [0.1, 0.15) is 40.5 Å². The van der Waals surface area contributed by atoms with E-state index in [1.54, 1.807) is 27.7 Å². The molecule has 1 saturated heterocycles. The van der Waals surface area contributed by atoms with E-state index in [1.807, 2.05) is 0 Å². The Balaban J connectivity index is 2.27. The zero-order valence-corrected chi connectivity index (χ0v) is 12.2. The SMILES string of the molecule is CC1(C)OCC(C(C)(C)S(=O)(=O)C2(CO)CC2)O1. The quantitative estimate of drug-likeness (QED) is 0.825. The lowest BCUT2D eigenvalue weighted by Gasteiger charge is -2.34. The molecule has 1 saturated carbocycles. The molecule has 0 radical (unpaired) electrons. The lowest BCUT2D eigenvalue weighted by Crippen LogP contribution is -2.52. The Bertz CT molecular complexity index is 433. The van der Waals surface area contributed by atoms with Gasteiger partial charge in [0.15, 0.2) is 15.6 Å². The molecule has 2 aliphatic rings. The van der Waals surface area contributed by atoms with Crippen LogP contribution in [0, 0.1) is 0 Å². The molecule has 0 spiro atoms. The summed E-state index contributed by atoms with van der Waals surface area (Å²) in [6.07, 6.45) is 0.569. The third-order valence-corrected chi connectivity index (χ3v) is 7.47. The Kier molecular flexibility index (Phi) is 3.10. The highest BCUT2D eigenvalue weighted by molar-refractivity contribution is 7.94. The van der Waals surface area contributed by atoms with Crippen molar-refractivity contribution < 1.29 is 23.0 Å². The van der Waals surface area contributed by atoms with Gasteiger partial charge in [0.25, 0.3) is 0 Å². The maximum Gasteiger partial charge on any atom is 0.166 e. The van der Waals surface area contributed by atoms with Crippen LogP contribution in [0.3, 0.4) is 0 Å². The fourth-order valence-corrected chi connectivity index (χ4v) is 4.80. The van der Waals surface area contributed by atoms with E-state index >= 15 is 0 Å². The van der Waals surface area contributed by atoms with Crippen molar-refractivity contribution in [2.75, 3.05) is 13.2 Å². The maximum absolute atomic E-state index is 12.7. The number of ether oxygens (including phenoxy) is 2. The summed E-state index contributed by atoms with van der Waals surface area (Å²) >= 11 is 0. The highest BCUT2D eigenvalue weighted by atomic mass is 32.2. The van der Waals surface area contributed by atoms with Gasteiger partial charge < -0.3 is 14.6 Å². The van der Waals surface area contributed by atoms with Gasteiger partial charge in [0, 0.05) is 0 Å². The first-order valence-electron chi connectivity index (χ1n) is 6.25. The van der Waals surface area contributed by atoms with Crippen LogP contribution in [0.5, 0.6) is 0 Å². The standard InChI is InChI=1S/C12H22O5S/c1-10(2,9-7-16-11(3,4)17-9)18(14,15)12(8-13)5-6-12/h9,13H,5-8H2,1-4H3. The topological polar surface area (TPSA) is 72.8 Å². The smallest absolute Gasteiger partial charge is 0.166 e. The van der Waals surface area contributed by atoms with Crippen LogP contribution in [0.2, 0.25) is 0 Å². The van der Waals surface area contributed by atoms with Gasteiger partial charge in [0.1, 0.15) is 6.10 Å². The molecule has 0 amide bonds. The van der Waals surface area contributed by atoms with Crippen LogP contribution in [0.4, 0.5) is 0 Å². The normalized spacial score (nSPS) is 30.4. The summed E-state index contributed by atoms with van der Waals surface area (Å²) in [5.74, 6) is -0.743. The maximum atomic E-state index is 12.7. The van der Waals surface area contributed by atoms with Gasteiger partial charge in [0.2, 0.25) is 0 Å². The molecule has 1 unspecified atom stereocenters. The van der Waals surface area contributed by atoms with Crippen molar-refractivity contribution in [2.24, 2.45) is 0 Å². The second kappa shape index (κ2) is 3.91. The van der Waals surface area contributed by atoms with Gasteiger partial charge in [-0.3, -0.25) is 0 Å². The van der Waals surface area contributed by atoms with E-state index in [1.165, 1.54) is 0 Å². The van der Waals surface area contributed by atoms with Crippen molar-refractivity contribution in [3.05, 3.63) is 0 Å².